The van der Waals surface area contributed by atoms with Crippen LogP contribution in [0.2, 0.25) is 0 Å². The molecule has 0 saturated heterocycles. The van der Waals surface area contributed by atoms with Crippen molar-refractivity contribution in [2.24, 2.45) is 53.1 Å². The van der Waals surface area contributed by atoms with Crippen LogP contribution in [0.4, 0.5) is 0 Å². The molecule has 7 aliphatic rings. The Balaban J connectivity index is 1.55. The maximum atomic E-state index is 12.3. The van der Waals surface area contributed by atoms with Crippen molar-refractivity contribution in [3.05, 3.63) is 10.1 Å². The fourth-order valence-electron chi connectivity index (χ4n) is 8.40. The Hall–Kier alpha value is -0.640. The lowest BCUT2D eigenvalue weighted by Gasteiger charge is -2.72. The topological polar surface area (TPSA) is 69.2 Å². The predicted octanol–water partition coefficient (Wildman–Crippen LogP) is 3.08. The minimum atomic E-state index is -0.579. The van der Waals surface area contributed by atoms with Crippen LogP contribution in [0.3, 0.4) is 0 Å². The van der Waals surface area contributed by atoms with Crippen molar-refractivity contribution in [3.63, 3.8) is 0 Å². The molecule has 5 atom stereocenters. The van der Waals surface area contributed by atoms with Gasteiger partial charge in [0, 0.05) is 23.2 Å². The summed E-state index contributed by atoms with van der Waals surface area (Å²) >= 11 is 0. The molecule has 0 aromatic rings. The lowest BCUT2D eigenvalue weighted by atomic mass is 9.31. The van der Waals surface area contributed by atoms with E-state index in [1.807, 2.05) is 0 Å². The lowest BCUT2D eigenvalue weighted by molar-refractivity contribution is -0.616. The molecule has 0 amide bonds. The molecule has 122 valence electrons. The van der Waals surface area contributed by atoms with E-state index in [4.69, 9.17) is 5.73 Å². The maximum Gasteiger partial charge on any atom is 0.228 e. The van der Waals surface area contributed by atoms with E-state index in [1.165, 1.54) is 32.1 Å². The van der Waals surface area contributed by atoms with E-state index in [0.29, 0.717) is 30.2 Å². The van der Waals surface area contributed by atoms with Gasteiger partial charge in [0.05, 0.1) is 0 Å². The SMILES string of the molecule is NCCCCC1([N+](=O)[O-])C2CC3C4CC5CC3C1C(C5)C4C2. The number of rotatable bonds is 5. The predicted molar refractivity (Wildman–Crippen MR) is 83.6 cm³/mol. The molecule has 0 heterocycles. The molecule has 22 heavy (non-hydrogen) atoms. The van der Waals surface area contributed by atoms with Gasteiger partial charge in [-0.25, -0.2) is 0 Å². The largest absolute Gasteiger partial charge is 0.330 e. The standard InChI is InChI=1S/C18H28N2O2/c19-4-2-1-3-18(20(21)22)11-8-13-12-5-10-6-15(13)17(18)16(7-10)14(12)9-11/h10-17H,1-9,19H2. The minimum Gasteiger partial charge on any atom is -0.330 e. The van der Waals surface area contributed by atoms with Crippen LogP contribution < -0.4 is 5.73 Å². The van der Waals surface area contributed by atoms with E-state index in [1.54, 1.807) is 0 Å². The van der Waals surface area contributed by atoms with Crippen molar-refractivity contribution >= 4 is 0 Å². The molecule has 0 radical (unpaired) electrons. The fourth-order valence-corrected chi connectivity index (χ4v) is 8.40. The van der Waals surface area contributed by atoms with Crippen LogP contribution in [0, 0.1) is 57.5 Å². The van der Waals surface area contributed by atoms with Crippen LogP contribution in [0.25, 0.3) is 0 Å². The van der Waals surface area contributed by atoms with Crippen molar-refractivity contribution in [2.45, 2.75) is 56.9 Å². The summed E-state index contributed by atoms with van der Waals surface area (Å²) in [6.45, 7) is 0.672. The molecule has 2 N–H and O–H groups in total. The summed E-state index contributed by atoms with van der Waals surface area (Å²) < 4.78 is 0. The highest BCUT2D eigenvalue weighted by Crippen LogP contribution is 2.74. The van der Waals surface area contributed by atoms with Crippen molar-refractivity contribution < 1.29 is 4.92 Å². The zero-order valence-electron chi connectivity index (χ0n) is 13.3. The van der Waals surface area contributed by atoms with Crippen molar-refractivity contribution in [3.8, 4) is 0 Å². The van der Waals surface area contributed by atoms with Crippen LogP contribution in [0.15, 0.2) is 0 Å². The molecule has 0 aromatic carbocycles. The van der Waals surface area contributed by atoms with Gasteiger partial charge < -0.3 is 5.73 Å². The van der Waals surface area contributed by atoms with Crippen LogP contribution in [-0.2, 0) is 0 Å². The van der Waals surface area contributed by atoms with Gasteiger partial charge in [0.1, 0.15) is 0 Å². The molecule has 5 unspecified atom stereocenters. The third-order valence-electron chi connectivity index (χ3n) is 8.71. The van der Waals surface area contributed by atoms with Crippen LogP contribution >= 0.6 is 0 Å². The highest BCUT2D eigenvalue weighted by Gasteiger charge is 2.75. The zero-order chi connectivity index (χ0) is 15.1. The highest BCUT2D eigenvalue weighted by molar-refractivity contribution is 5.19. The first-order valence-electron chi connectivity index (χ1n) is 9.51. The van der Waals surface area contributed by atoms with Crippen LogP contribution in [0.5, 0.6) is 0 Å². The Morgan fingerprint density at radius 2 is 1.55 bits per heavy atom. The van der Waals surface area contributed by atoms with Crippen molar-refractivity contribution in [2.75, 3.05) is 6.54 Å². The lowest BCUT2D eigenvalue weighted by Crippen LogP contribution is -2.73. The van der Waals surface area contributed by atoms with E-state index in [-0.39, 0.29) is 4.92 Å². The second-order valence-electron chi connectivity index (χ2n) is 9.08. The zero-order valence-corrected chi connectivity index (χ0v) is 13.3. The van der Waals surface area contributed by atoms with E-state index in [0.717, 1.165) is 42.9 Å². The van der Waals surface area contributed by atoms with Gasteiger partial charge in [-0.15, -0.1) is 0 Å². The van der Waals surface area contributed by atoms with Crippen molar-refractivity contribution in [1.82, 2.24) is 0 Å². The first-order chi connectivity index (χ1) is 10.7. The van der Waals surface area contributed by atoms with Gasteiger partial charge in [0.25, 0.3) is 0 Å². The summed E-state index contributed by atoms with van der Waals surface area (Å²) in [5.74, 6) is 5.73. The Labute approximate surface area is 132 Å². The average Bonchev–Trinajstić information content (AvgIpc) is 2.52. The summed E-state index contributed by atoms with van der Waals surface area (Å²) in [7, 11) is 0. The Morgan fingerprint density at radius 1 is 0.955 bits per heavy atom. The molecule has 0 aromatic heterocycles. The minimum absolute atomic E-state index is 0.202. The number of hydrogen-bond donors (Lipinski definition) is 1. The number of hydrogen-bond acceptors (Lipinski definition) is 3. The van der Waals surface area contributed by atoms with E-state index in [2.05, 4.69) is 0 Å². The summed E-state index contributed by atoms with van der Waals surface area (Å²) in [5, 5.41) is 12.3. The molecule has 7 rings (SSSR count). The van der Waals surface area contributed by atoms with Crippen LogP contribution in [-0.4, -0.2) is 17.0 Å². The molecule has 0 spiro atoms. The Morgan fingerprint density at radius 3 is 2.14 bits per heavy atom. The van der Waals surface area contributed by atoms with E-state index < -0.39 is 5.54 Å². The van der Waals surface area contributed by atoms with E-state index in [9.17, 15) is 10.1 Å². The summed E-state index contributed by atoms with van der Waals surface area (Å²) in [4.78, 5) is 12.5. The molecule has 4 nitrogen and oxygen atoms in total. The molecular weight excluding hydrogens is 276 g/mol. The molecule has 8 bridgehead atoms. The van der Waals surface area contributed by atoms with Crippen molar-refractivity contribution in [1.29, 1.82) is 0 Å². The van der Waals surface area contributed by atoms with Gasteiger partial charge in [-0.3, -0.25) is 10.1 Å². The van der Waals surface area contributed by atoms with Gasteiger partial charge >= 0.3 is 0 Å². The van der Waals surface area contributed by atoms with Gasteiger partial charge in [0.2, 0.25) is 5.54 Å². The van der Waals surface area contributed by atoms with Gasteiger partial charge in [-0.1, -0.05) is 0 Å². The average molecular weight is 304 g/mol. The summed E-state index contributed by atoms with van der Waals surface area (Å²) in [6, 6.07) is 0. The number of nitrogens with zero attached hydrogens (tertiary/aromatic N) is 1. The molecular formula is C18H28N2O2. The number of unbranched alkanes of at least 4 members (excludes halogenated alkanes) is 1. The van der Waals surface area contributed by atoms with Crippen LogP contribution in [0.1, 0.15) is 51.4 Å². The second kappa shape index (κ2) is 4.46. The highest BCUT2D eigenvalue weighted by atomic mass is 16.6. The second-order valence-corrected chi connectivity index (χ2v) is 9.08. The monoisotopic (exact) mass is 304 g/mol. The molecule has 4 heteroatoms. The first kappa shape index (κ1) is 13.8. The molecule has 7 fully saturated rings. The summed E-state index contributed by atoms with van der Waals surface area (Å²) in [5.41, 5.74) is 5.08. The third kappa shape index (κ3) is 1.44. The first-order valence-corrected chi connectivity index (χ1v) is 9.51. The molecule has 7 saturated carbocycles. The van der Waals surface area contributed by atoms with Gasteiger partial charge in [-0.05, 0) is 87.0 Å². The molecule has 0 aliphatic heterocycles. The Kier molecular flexibility index (Phi) is 2.79. The maximum absolute atomic E-state index is 12.3. The molecule has 7 aliphatic carbocycles. The fraction of sp³-hybridized carbons (Fsp3) is 1.00. The van der Waals surface area contributed by atoms with Gasteiger partial charge in [0.15, 0.2) is 0 Å². The quantitative estimate of drug-likeness (QED) is 0.482. The summed E-state index contributed by atoms with van der Waals surface area (Å²) in [6.07, 6.45) is 9.13. The smallest absolute Gasteiger partial charge is 0.228 e. The number of nitro groups is 1. The normalized spacial score (nSPS) is 56.8. The number of nitrogens with two attached hydrogens (primary N) is 1. The van der Waals surface area contributed by atoms with E-state index >= 15 is 0 Å². The Bertz CT molecular complexity index is 485. The van der Waals surface area contributed by atoms with Gasteiger partial charge in [-0.2, -0.15) is 0 Å². The third-order valence-corrected chi connectivity index (χ3v) is 8.71.